The quantitative estimate of drug-likeness (QED) is 0.731. The van der Waals surface area contributed by atoms with Crippen molar-refractivity contribution in [2.24, 2.45) is 5.73 Å². The number of benzene rings is 1. The van der Waals surface area contributed by atoms with Crippen molar-refractivity contribution in [3.8, 4) is 5.75 Å². The molecule has 0 saturated heterocycles. The van der Waals surface area contributed by atoms with E-state index in [1.54, 1.807) is 32.0 Å². The van der Waals surface area contributed by atoms with E-state index in [-0.39, 0.29) is 6.61 Å². The maximum atomic E-state index is 11.1. The summed E-state index contributed by atoms with van der Waals surface area (Å²) in [5.41, 5.74) is 6.35. The largest absolute Gasteiger partial charge is 0.483 e. The number of imide groups is 1. The first-order valence-electron chi connectivity index (χ1n) is 5.41. The normalized spacial score (nSPS) is 11.7. The van der Waals surface area contributed by atoms with Gasteiger partial charge in [0.15, 0.2) is 6.61 Å². The molecule has 0 radical (unpaired) electrons. The minimum atomic E-state index is -0.912. The van der Waals surface area contributed by atoms with Crippen LogP contribution in [0.3, 0.4) is 0 Å². The number of primary amides is 1. The Morgan fingerprint density at radius 3 is 2.67 bits per heavy atom. The standard InChI is InChI=1S/C12H16N2O4/c1-7-5-9(8(2)15)3-4-10(7)18-6-11(16)14-12(13)17/h3-5,8,15H,6H2,1-2H3,(H3,13,14,16,17)/t8-/m1/s1. The second kappa shape index (κ2) is 6.02. The number of carbonyl (C=O) groups is 2. The Morgan fingerprint density at radius 2 is 2.17 bits per heavy atom. The fraction of sp³-hybridized carbons (Fsp3) is 0.333. The topological polar surface area (TPSA) is 102 Å². The SMILES string of the molecule is Cc1cc([C@@H](C)O)ccc1OCC(=O)NC(N)=O. The van der Waals surface area contributed by atoms with Crippen LogP contribution in [0.1, 0.15) is 24.2 Å². The van der Waals surface area contributed by atoms with Gasteiger partial charge in [-0.3, -0.25) is 10.1 Å². The fourth-order valence-corrected chi connectivity index (χ4v) is 1.41. The summed E-state index contributed by atoms with van der Waals surface area (Å²) in [5, 5.41) is 11.3. The number of aliphatic hydroxyl groups excluding tert-OH is 1. The number of hydrogen-bond acceptors (Lipinski definition) is 4. The van der Waals surface area contributed by atoms with Gasteiger partial charge in [0.1, 0.15) is 5.75 Å². The number of hydrogen-bond donors (Lipinski definition) is 3. The molecule has 0 bridgehead atoms. The number of ether oxygens (including phenoxy) is 1. The molecule has 0 aliphatic rings. The third-order valence-electron chi connectivity index (χ3n) is 2.30. The van der Waals surface area contributed by atoms with Crippen LogP contribution < -0.4 is 15.8 Å². The van der Waals surface area contributed by atoms with E-state index in [0.717, 1.165) is 11.1 Å². The fourth-order valence-electron chi connectivity index (χ4n) is 1.41. The third kappa shape index (κ3) is 4.06. The lowest BCUT2D eigenvalue weighted by molar-refractivity contribution is -0.121. The highest BCUT2D eigenvalue weighted by atomic mass is 16.5. The van der Waals surface area contributed by atoms with Gasteiger partial charge in [-0.05, 0) is 37.1 Å². The lowest BCUT2D eigenvalue weighted by Gasteiger charge is -2.11. The van der Waals surface area contributed by atoms with E-state index in [1.165, 1.54) is 0 Å². The summed E-state index contributed by atoms with van der Waals surface area (Å²) < 4.78 is 5.23. The van der Waals surface area contributed by atoms with Crippen molar-refractivity contribution < 1.29 is 19.4 Å². The Hall–Kier alpha value is -2.08. The minimum absolute atomic E-state index is 0.294. The predicted molar refractivity (Wildman–Crippen MR) is 65.0 cm³/mol. The molecule has 6 nitrogen and oxygen atoms in total. The first kappa shape index (κ1) is 14.0. The Morgan fingerprint density at radius 1 is 1.50 bits per heavy atom. The van der Waals surface area contributed by atoms with Gasteiger partial charge in [0.2, 0.25) is 0 Å². The van der Waals surface area contributed by atoms with Gasteiger partial charge in [-0.2, -0.15) is 0 Å². The van der Waals surface area contributed by atoms with Crippen molar-refractivity contribution in [1.29, 1.82) is 0 Å². The van der Waals surface area contributed by atoms with Gasteiger partial charge in [0, 0.05) is 0 Å². The summed E-state index contributed by atoms with van der Waals surface area (Å²) in [6, 6.07) is 4.23. The molecule has 0 saturated carbocycles. The van der Waals surface area contributed by atoms with Crippen LogP contribution in [0.15, 0.2) is 18.2 Å². The average molecular weight is 252 g/mol. The van der Waals surface area contributed by atoms with E-state index in [4.69, 9.17) is 10.5 Å². The molecule has 0 unspecified atom stereocenters. The van der Waals surface area contributed by atoms with Crippen LogP contribution in [0.2, 0.25) is 0 Å². The van der Waals surface area contributed by atoms with E-state index in [0.29, 0.717) is 5.75 Å². The zero-order valence-electron chi connectivity index (χ0n) is 10.3. The van der Waals surface area contributed by atoms with Crippen LogP contribution >= 0.6 is 0 Å². The number of nitrogens with one attached hydrogen (secondary N) is 1. The van der Waals surface area contributed by atoms with Crippen molar-refractivity contribution in [2.45, 2.75) is 20.0 Å². The van der Waals surface area contributed by atoms with Gasteiger partial charge in [0.25, 0.3) is 5.91 Å². The molecule has 0 aliphatic heterocycles. The number of nitrogens with two attached hydrogens (primary N) is 1. The highest BCUT2D eigenvalue weighted by Gasteiger charge is 2.08. The van der Waals surface area contributed by atoms with Crippen LogP contribution in [-0.2, 0) is 4.79 Å². The van der Waals surface area contributed by atoms with E-state index in [2.05, 4.69) is 0 Å². The molecule has 6 heteroatoms. The van der Waals surface area contributed by atoms with Crippen molar-refractivity contribution >= 4 is 11.9 Å². The molecule has 4 N–H and O–H groups in total. The number of urea groups is 1. The first-order valence-corrected chi connectivity index (χ1v) is 5.41. The number of amides is 3. The summed E-state index contributed by atoms with van der Waals surface area (Å²) in [6.45, 7) is 3.17. The number of aryl methyl sites for hydroxylation is 1. The summed E-state index contributed by atoms with van der Waals surface area (Å²) in [5.74, 6) is -0.0967. The molecular weight excluding hydrogens is 236 g/mol. The maximum Gasteiger partial charge on any atom is 0.318 e. The molecule has 0 spiro atoms. The minimum Gasteiger partial charge on any atom is -0.483 e. The molecule has 0 aliphatic carbocycles. The molecule has 0 aromatic heterocycles. The summed E-state index contributed by atoms with van der Waals surface area (Å²) in [6.07, 6.45) is -0.559. The van der Waals surface area contributed by atoms with Gasteiger partial charge in [-0.15, -0.1) is 0 Å². The average Bonchev–Trinajstić information content (AvgIpc) is 2.26. The molecule has 3 amide bonds. The van der Waals surface area contributed by atoms with E-state index in [9.17, 15) is 14.7 Å². The van der Waals surface area contributed by atoms with Crippen molar-refractivity contribution in [3.05, 3.63) is 29.3 Å². The van der Waals surface area contributed by atoms with Gasteiger partial charge in [-0.25, -0.2) is 4.79 Å². The molecule has 1 rings (SSSR count). The molecule has 0 fully saturated rings. The van der Waals surface area contributed by atoms with Crippen LogP contribution in [0.5, 0.6) is 5.75 Å². The summed E-state index contributed by atoms with van der Waals surface area (Å²) in [4.78, 5) is 21.6. The Balaban J connectivity index is 2.63. The Kier molecular flexibility index (Phi) is 4.67. The highest BCUT2D eigenvalue weighted by molar-refractivity contribution is 5.94. The predicted octanol–water partition coefficient (Wildman–Crippen LogP) is 0.622. The van der Waals surface area contributed by atoms with Crippen LogP contribution in [0.4, 0.5) is 4.79 Å². The van der Waals surface area contributed by atoms with Crippen LogP contribution in [-0.4, -0.2) is 23.7 Å². The molecule has 18 heavy (non-hydrogen) atoms. The molecule has 1 aromatic rings. The lowest BCUT2D eigenvalue weighted by atomic mass is 10.1. The van der Waals surface area contributed by atoms with Crippen LogP contribution in [0, 0.1) is 6.92 Å². The van der Waals surface area contributed by atoms with Gasteiger partial charge in [0.05, 0.1) is 6.10 Å². The molecule has 1 aromatic carbocycles. The maximum absolute atomic E-state index is 11.1. The van der Waals surface area contributed by atoms with Crippen LogP contribution in [0.25, 0.3) is 0 Å². The smallest absolute Gasteiger partial charge is 0.318 e. The molecular formula is C12H16N2O4. The first-order chi connectivity index (χ1) is 8.40. The van der Waals surface area contributed by atoms with Crippen molar-refractivity contribution in [3.63, 3.8) is 0 Å². The second-order valence-corrected chi connectivity index (χ2v) is 3.90. The Bertz CT molecular complexity index is 457. The van der Waals surface area contributed by atoms with Gasteiger partial charge < -0.3 is 15.6 Å². The monoisotopic (exact) mass is 252 g/mol. The summed E-state index contributed by atoms with van der Waals surface area (Å²) in [7, 11) is 0. The zero-order chi connectivity index (χ0) is 13.7. The highest BCUT2D eigenvalue weighted by Crippen LogP contribution is 2.22. The van der Waals surface area contributed by atoms with E-state index < -0.39 is 18.0 Å². The molecule has 0 heterocycles. The van der Waals surface area contributed by atoms with E-state index >= 15 is 0 Å². The Labute approximate surface area is 105 Å². The number of carbonyl (C=O) groups excluding carboxylic acids is 2. The van der Waals surface area contributed by atoms with Crippen molar-refractivity contribution in [1.82, 2.24) is 5.32 Å². The third-order valence-corrected chi connectivity index (χ3v) is 2.30. The number of aliphatic hydroxyl groups is 1. The van der Waals surface area contributed by atoms with E-state index in [1.807, 2.05) is 5.32 Å². The molecule has 1 atom stereocenters. The van der Waals surface area contributed by atoms with Gasteiger partial charge >= 0.3 is 6.03 Å². The zero-order valence-corrected chi connectivity index (χ0v) is 10.3. The van der Waals surface area contributed by atoms with Crippen molar-refractivity contribution in [2.75, 3.05) is 6.61 Å². The lowest BCUT2D eigenvalue weighted by Crippen LogP contribution is -2.38. The number of rotatable bonds is 4. The second-order valence-electron chi connectivity index (χ2n) is 3.90. The summed E-state index contributed by atoms with van der Waals surface area (Å²) >= 11 is 0. The van der Waals surface area contributed by atoms with Gasteiger partial charge in [-0.1, -0.05) is 6.07 Å². The molecule has 98 valence electrons.